The van der Waals surface area contributed by atoms with Crippen molar-refractivity contribution >= 4 is 29.7 Å². The quantitative estimate of drug-likeness (QED) is 0.833. The van der Waals surface area contributed by atoms with Gasteiger partial charge in [-0.2, -0.15) is 0 Å². The van der Waals surface area contributed by atoms with Gasteiger partial charge in [-0.15, -0.1) is 12.4 Å². The summed E-state index contributed by atoms with van der Waals surface area (Å²) in [5.74, 6) is 0. The highest BCUT2D eigenvalue weighted by Crippen LogP contribution is 2.30. The monoisotopic (exact) mass is 253 g/mol. The highest BCUT2D eigenvalue weighted by atomic mass is 35.5. The molecule has 0 bridgehead atoms. The SMILES string of the molecule is CNc1ccc(Cl)cc1-c1ccccc1.Cl. The van der Waals surface area contributed by atoms with Crippen molar-refractivity contribution in [2.45, 2.75) is 0 Å². The van der Waals surface area contributed by atoms with Gasteiger partial charge in [0, 0.05) is 23.3 Å². The van der Waals surface area contributed by atoms with Crippen molar-refractivity contribution < 1.29 is 0 Å². The molecule has 2 rings (SSSR count). The van der Waals surface area contributed by atoms with Gasteiger partial charge < -0.3 is 5.32 Å². The van der Waals surface area contributed by atoms with E-state index in [0.717, 1.165) is 16.3 Å². The topological polar surface area (TPSA) is 12.0 Å². The average Bonchev–Trinajstić information content (AvgIpc) is 2.30. The number of benzene rings is 2. The summed E-state index contributed by atoms with van der Waals surface area (Å²) in [6.45, 7) is 0. The van der Waals surface area contributed by atoms with Crippen LogP contribution >= 0.6 is 24.0 Å². The Morgan fingerprint density at radius 3 is 2.31 bits per heavy atom. The fourth-order valence-electron chi connectivity index (χ4n) is 1.59. The van der Waals surface area contributed by atoms with Crippen LogP contribution in [0.2, 0.25) is 5.02 Å². The second-order valence-electron chi connectivity index (χ2n) is 3.31. The molecule has 1 N–H and O–H groups in total. The molecule has 0 unspecified atom stereocenters. The van der Waals surface area contributed by atoms with Crippen LogP contribution in [0.15, 0.2) is 48.5 Å². The smallest absolute Gasteiger partial charge is 0.0418 e. The van der Waals surface area contributed by atoms with Crippen molar-refractivity contribution in [2.75, 3.05) is 12.4 Å². The van der Waals surface area contributed by atoms with Crippen LogP contribution < -0.4 is 5.32 Å². The Balaban J connectivity index is 0.00000128. The Kier molecular flexibility index (Phi) is 4.66. The minimum atomic E-state index is 0. The van der Waals surface area contributed by atoms with Crippen molar-refractivity contribution in [3.63, 3.8) is 0 Å². The summed E-state index contributed by atoms with van der Waals surface area (Å²) in [7, 11) is 1.91. The number of halogens is 2. The van der Waals surface area contributed by atoms with Crippen LogP contribution in [0.5, 0.6) is 0 Å². The minimum Gasteiger partial charge on any atom is -0.388 e. The Bertz CT molecular complexity index is 455. The number of nitrogens with one attached hydrogen (secondary N) is 1. The molecule has 0 aromatic heterocycles. The van der Waals surface area contributed by atoms with E-state index in [-0.39, 0.29) is 12.4 Å². The van der Waals surface area contributed by atoms with Gasteiger partial charge in [0.05, 0.1) is 0 Å². The van der Waals surface area contributed by atoms with Crippen LogP contribution in [-0.2, 0) is 0 Å². The maximum Gasteiger partial charge on any atom is 0.0418 e. The van der Waals surface area contributed by atoms with Crippen molar-refractivity contribution in [1.82, 2.24) is 0 Å². The molecule has 1 nitrogen and oxygen atoms in total. The summed E-state index contributed by atoms with van der Waals surface area (Å²) in [5, 5.41) is 3.92. The summed E-state index contributed by atoms with van der Waals surface area (Å²) < 4.78 is 0. The molecule has 0 atom stereocenters. The predicted molar refractivity (Wildman–Crippen MR) is 73.7 cm³/mol. The largest absolute Gasteiger partial charge is 0.388 e. The third kappa shape index (κ3) is 2.69. The fraction of sp³-hybridized carbons (Fsp3) is 0.0769. The highest BCUT2D eigenvalue weighted by molar-refractivity contribution is 6.31. The second-order valence-corrected chi connectivity index (χ2v) is 3.74. The summed E-state index contributed by atoms with van der Waals surface area (Å²) in [6.07, 6.45) is 0. The van der Waals surface area contributed by atoms with Crippen molar-refractivity contribution in [3.8, 4) is 11.1 Å². The zero-order chi connectivity index (χ0) is 10.7. The lowest BCUT2D eigenvalue weighted by molar-refractivity contribution is 1.50. The van der Waals surface area contributed by atoms with Gasteiger partial charge in [-0.25, -0.2) is 0 Å². The minimum absolute atomic E-state index is 0. The molecular formula is C13H13Cl2N. The Labute approximate surface area is 107 Å². The van der Waals surface area contributed by atoms with Gasteiger partial charge in [0.1, 0.15) is 0 Å². The molecule has 0 aliphatic carbocycles. The van der Waals surface area contributed by atoms with Gasteiger partial charge in [-0.3, -0.25) is 0 Å². The molecule has 2 aromatic carbocycles. The van der Waals surface area contributed by atoms with Crippen LogP contribution in [0.25, 0.3) is 11.1 Å². The first-order chi connectivity index (χ1) is 7.31. The second kappa shape index (κ2) is 5.78. The third-order valence-corrected chi connectivity index (χ3v) is 2.57. The molecule has 2 aromatic rings. The van der Waals surface area contributed by atoms with E-state index in [0.29, 0.717) is 0 Å². The summed E-state index contributed by atoms with van der Waals surface area (Å²) in [5.41, 5.74) is 3.39. The predicted octanol–water partition coefficient (Wildman–Crippen LogP) is 4.47. The van der Waals surface area contributed by atoms with E-state index in [4.69, 9.17) is 11.6 Å². The molecule has 84 valence electrons. The number of hydrogen-bond donors (Lipinski definition) is 1. The molecule has 0 radical (unpaired) electrons. The molecule has 0 saturated carbocycles. The van der Waals surface area contributed by atoms with E-state index in [1.807, 2.05) is 43.4 Å². The fourth-order valence-corrected chi connectivity index (χ4v) is 1.76. The first kappa shape index (κ1) is 12.9. The summed E-state index contributed by atoms with van der Waals surface area (Å²) >= 11 is 6.00. The van der Waals surface area contributed by atoms with Gasteiger partial charge in [-0.05, 0) is 23.8 Å². The molecule has 0 heterocycles. The van der Waals surface area contributed by atoms with Crippen LogP contribution in [0, 0.1) is 0 Å². The summed E-state index contributed by atoms with van der Waals surface area (Å²) in [4.78, 5) is 0. The van der Waals surface area contributed by atoms with Crippen molar-refractivity contribution in [1.29, 1.82) is 0 Å². The number of rotatable bonds is 2. The van der Waals surface area contributed by atoms with Crippen LogP contribution in [0.3, 0.4) is 0 Å². The molecule has 0 amide bonds. The Hall–Kier alpha value is -1.18. The normalized spacial score (nSPS) is 9.38. The molecule has 0 fully saturated rings. The molecule has 0 spiro atoms. The lowest BCUT2D eigenvalue weighted by Gasteiger charge is -2.09. The Morgan fingerprint density at radius 2 is 1.69 bits per heavy atom. The van der Waals surface area contributed by atoms with E-state index in [2.05, 4.69) is 17.4 Å². The molecule has 0 saturated heterocycles. The van der Waals surface area contributed by atoms with Gasteiger partial charge in [-0.1, -0.05) is 41.9 Å². The Morgan fingerprint density at radius 1 is 1.00 bits per heavy atom. The van der Waals surface area contributed by atoms with E-state index >= 15 is 0 Å². The molecule has 16 heavy (non-hydrogen) atoms. The number of hydrogen-bond acceptors (Lipinski definition) is 1. The molecule has 0 aliphatic heterocycles. The lowest BCUT2D eigenvalue weighted by Crippen LogP contribution is -1.91. The zero-order valence-corrected chi connectivity index (χ0v) is 10.5. The highest BCUT2D eigenvalue weighted by Gasteiger charge is 2.03. The van der Waals surface area contributed by atoms with Gasteiger partial charge in [0.2, 0.25) is 0 Å². The maximum absolute atomic E-state index is 6.00. The molecule has 3 heteroatoms. The standard InChI is InChI=1S/C13H12ClN.ClH/c1-15-13-8-7-11(14)9-12(13)10-5-3-2-4-6-10;/h2-9,15H,1H3;1H. The number of anilines is 1. The van der Waals surface area contributed by atoms with Crippen molar-refractivity contribution in [2.24, 2.45) is 0 Å². The van der Waals surface area contributed by atoms with E-state index < -0.39 is 0 Å². The van der Waals surface area contributed by atoms with Gasteiger partial charge >= 0.3 is 0 Å². The summed E-state index contributed by atoms with van der Waals surface area (Å²) in [6, 6.07) is 16.1. The van der Waals surface area contributed by atoms with Gasteiger partial charge in [0.25, 0.3) is 0 Å². The van der Waals surface area contributed by atoms with E-state index in [1.54, 1.807) is 0 Å². The molecule has 0 aliphatic rings. The van der Waals surface area contributed by atoms with E-state index in [9.17, 15) is 0 Å². The third-order valence-electron chi connectivity index (χ3n) is 2.34. The maximum atomic E-state index is 6.00. The first-order valence-electron chi connectivity index (χ1n) is 4.84. The lowest BCUT2D eigenvalue weighted by atomic mass is 10.0. The van der Waals surface area contributed by atoms with Crippen LogP contribution in [0.4, 0.5) is 5.69 Å². The van der Waals surface area contributed by atoms with Crippen molar-refractivity contribution in [3.05, 3.63) is 53.6 Å². The van der Waals surface area contributed by atoms with Gasteiger partial charge in [0.15, 0.2) is 0 Å². The van der Waals surface area contributed by atoms with Crippen LogP contribution in [0.1, 0.15) is 0 Å². The zero-order valence-electron chi connectivity index (χ0n) is 8.91. The average molecular weight is 254 g/mol. The van der Waals surface area contributed by atoms with Crippen LogP contribution in [-0.4, -0.2) is 7.05 Å². The van der Waals surface area contributed by atoms with E-state index in [1.165, 1.54) is 5.56 Å². The molecular weight excluding hydrogens is 241 g/mol. The first-order valence-corrected chi connectivity index (χ1v) is 5.22.